The number of piperidine rings is 1. The minimum Gasteiger partial charge on any atom is -0.339 e. The molecular formula is C12H16BNO. The Labute approximate surface area is 91.7 Å². The molecule has 2 nitrogen and oxygen atoms in total. The smallest absolute Gasteiger partial charge is 0.253 e. The van der Waals surface area contributed by atoms with Gasteiger partial charge in [0.15, 0.2) is 0 Å². The van der Waals surface area contributed by atoms with Crippen molar-refractivity contribution in [3.8, 4) is 0 Å². The van der Waals surface area contributed by atoms with Gasteiger partial charge in [-0.25, -0.2) is 0 Å². The Hall–Kier alpha value is -1.25. The zero-order chi connectivity index (χ0) is 10.7. The summed E-state index contributed by atoms with van der Waals surface area (Å²) in [4.78, 5) is 14.0. The van der Waals surface area contributed by atoms with E-state index in [1.54, 1.807) is 0 Å². The molecule has 0 aliphatic carbocycles. The minimum absolute atomic E-state index is 0.193. The second kappa shape index (κ2) is 4.52. The van der Waals surface area contributed by atoms with E-state index in [9.17, 15) is 4.79 Å². The molecule has 0 saturated carbocycles. The average molecular weight is 201 g/mol. The number of benzene rings is 1. The van der Waals surface area contributed by atoms with E-state index in [0.29, 0.717) is 0 Å². The molecule has 0 bridgehead atoms. The number of hydrogen-bond acceptors (Lipinski definition) is 1. The molecule has 2 rings (SSSR count). The lowest BCUT2D eigenvalue weighted by Crippen LogP contribution is -2.35. The first-order valence-electron chi connectivity index (χ1n) is 5.63. The fourth-order valence-corrected chi connectivity index (χ4v) is 2.06. The van der Waals surface area contributed by atoms with Crippen LogP contribution in [-0.4, -0.2) is 31.7 Å². The third-order valence-corrected chi connectivity index (χ3v) is 2.91. The van der Waals surface area contributed by atoms with E-state index in [1.165, 1.54) is 6.42 Å². The van der Waals surface area contributed by atoms with Crippen LogP contribution in [0.3, 0.4) is 0 Å². The van der Waals surface area contributed by atoms with Gasteiger partial charge >= 0.3 is 0 Å². The van der Waals surface area contributed by atoms with Gasteiger partial charge in [-0.15, -0.1) is 0 Å². The highest BCUT2D eigenvalue weighted by Crippen LogP contribution is 2.12. The number of rotatable bonds is 1. The van der Waals surface area contributed by atoms with Crippen molar-refractivity contribution < 1.29 is 4.79 Å². The Morgan fingerprint density at radius 2 is 1.93 bits per heavy atom. The predicted octanol–water partition coefficient (Wildman–Crippen LogP) is 0.571. The summed E-state index contributed by atoms with van der Waals surface area (Å²) in [7, 11) is 2.02. The number of carbonyl (C=O) groups excluding carboxylic acids is 1. The summed E-state index contributed by atoms with van der Waals surface area (Å²) in [6.07, 6.45) is 3.56. The number of amides is 1. The van der Waals surface area contributed by atoms with Crippen LogP contribution in [0.5, 0.6) is 0 Å². The topological polar surface area (TPSA) is 20.3 Å². The molecule has 1 aromatic carbocycles. The van der Waals surface area contributed by atoms with Crippen molar-refractivity contribution >= 4 is 19.2 Å². The van der Waals surface area contributed by atoms with E-state index in [1.807, 2.05) is 37.0 Å². The van der Waals surface area contributed by atoms with Gasteiger partial charge in [0.2, 0.25) is 0 Å². The van der Waals surface area contributed by atoms with Gasteiger partial charge in [-0.1, -0.05) is 23.7 Å². The van der Waals surface area contributed by atoms with Crippen LogP contribution in [-0.2, 0) is 0 Å². The fourth-order valence-electron chi connectivity index (χ4n) is 2.06. The van der Waals surface area contributed by atoms with E-state index in [2.05, 4.69) is 0 Å². The number of likely N-dealkylation sites (tertiary alicyclic amines) is 1. The molecule has 15 heavy (non-hydrogen) atoms. The molecule has 1 saturated heterocycles. The van der Waals surface area contributed by atoms with Gasteiger partial charge in [0, 0.05) is 18.7 Å². The molecule has 78 valence electrons. The molecule has 0 N–H and O–H groups in total. The number of carbonyl (C=O) groups is 1. The second-order valence-corrected chi connectivity index (χ2v) is 4.22. The molecule has 3 heteroatoms. The highest BCUT2D eigenvalue weighted by atomic mass is 16.2. The monoisotopic (exact) mass is 201 g/mol. The van der Waals surface area contributed by atoms with Gasteiger partial charge in [-0.3, -0.25) is 4.79 Å². The Kier molecular flexibility index (Phi) is 3.09. The van der Waals surface area contributed by atoms with Crippen molar-refractivity contribution in [2.45, 2.75) is 19.3 Å². The Morgan fingerprint density at radius 1 is 1.20 bits per heavy atom. The summed E-state index contributed by atoms with van der Waals surface area (Å²) >= 11 is 0. The van der Waals surface area contributed by atoms with Crippen LogP contribution in [0, 0.1) is 0 Å². The molecule has 1 amide bonds. The third kappa shape index (κ3) is 2.41. The first-order chi connectivity index (χ1) is 7.27. The Balaban J connectivity index is 2.12. The second-order valence-electron chi connectivity index (χ2n) is 4.22. The summed E-state index contributed by atoms with van der Waals surface area (Å²) < 4.78 is 0. The lowest BCUT2D eigenvalue weighted by Gasteiger charge is -2.26. The Bertz CT molecular complexity index is 358. The number of hydrogen-bond donors (Lipinski definition) is 0. The van der Waals surface area contributed by atoms with Crippen LogP contribution in [0.4, 0.5) is 0 Å². The molecule has 1 aromatic rings. The minimum atomic E-state index is 0.193. The maximum atomic E-state index is 12.1. The zero-order valence-electron chi connectivity index (χ0n) is 9.20. The molecule has 0 unspecified atom stereocenters. The van der Waals surface area contributed by atoms with Gasteiger partial charge < -0.3 is 4.90 Å². The maximum Gasteiger partial charge on any atom is 0.253 e. The van der Waals surface area contributed by atoms with Gasteiger partial charge in [0.25, 0.3) is 5.91 Å². The summed E-state index contributed by atoms with van der Waals surface area (Å²) in [5, 5.41) is 0. The van der Waals surface area contributed by atoms with E-state index >= 15 is 0 Å². The molecule has 0 radical (unpaired) electrons. The summed E-state index contributed by atoms with van der Waals surface area (Å²) in [6, 6.07) is 7.85. The standard InChI is InChI=1S/C12H16BNO/c13-11-6-4-5-10(9-11)12(15)14-7-2-1-3-8-14/h4-6,9H,1-3,7-8,13H2. The van der Waals surface area contributed by atoms with E-state index in [0.717, 1.165) is 37.0 Å². The number of nitrogens with zero attached hydrogens (tertiary/aromatic N) is 1. The summed E-state index contributed by atoms with van der Waals surface area (Å²) in [5.41, 5.74) is 1.98. The third-order valence-electron chi connectivity index (χ3n) is 2.91. The van der Waals surface area contributed by atoms with Crippen molar-refractivity contribution in [3.05, 3.63) is 29.8 Å². The SMILES string of the molecule is Bc1cccc(C(=O)N2CCCCC2)c1. The normalized spacial score (nSPS) is 16.4. The lowest BCUT2D eigenvalue weighted by molar-refractivity contribution is 0.0724. The van der Waals surface area contributed by atoms with Crippen LogP contribution in [0.25, 0.3) is 0 Å². The zero-order valence-corrected chi connectivity index (χ0v) is 9.20. The van der Waals surface area contributed by atoms with Gasteiger partial charge in [-0.05, 0) is 25.3 Å². The van der Waals surface area contributed by atoms with Crippen molar-refractivity contribution in [2.24, 2.45) is 0 Å². The molecule has 1 fully saturated rings. The highest BCUT2D eigenvalue weighted by Gasteiger charge is 2.17. The lowest BCUT2D eigenvalue weighted by atomic mass is 9.94. The molecule has 0 aromatic heterocycles. The van der Waals surface area contributed by atoms with E-state index < -0.39 is 0 Å². The predicted molar refractivity (Wildman–Crippen MR) is 64.4 cm³/mol. The largest absolute Gasteiger partial charge is 0.339 e. The van der Waals surface area contributed by atoms with Crippen LogP contribution >= 0.6 is 0 Å². The fraction of sp³-hybridized carbons (Fsp3) is 0.417. The molecule has 0 spiro atoms. The van der Waals surface area contributed by atoms with Crippen LogP contribution in [0.1, 0.15) is 29.6 Å². The van der Waals surface area contributed by atoms with Gasteiger partial charge in [0.05, 0.1) is 0 Å². The average Bonchev–Trinajstić information content (AvgIpc) is 2.29. The first kappa shape index (κ1) is 10.3. The van der Waals surface area contributed by atoms with Crippen molar-refractivity contribution in [1.29, 1.82) is 0 Å². The maximum absolute atomic E-state index is 12.1. The molecular weight excluding hydrogens is 185 g/mol. The Morgan fingerprint density at radius 3 is 2.60 bits per heavy atom. The quantitative estimate of drug-likeness (QED) is 0.608. The summed E-state index contributed by atoms with van der Waals surface area (Å²) in [5.74, 6) is 0.193. The van der Waals surface area contributed by atoms with Crippen LogP contribution in [0.15, 0.2) is 24.3 Å². The molecule has 1 aliphatic rings. The van der Waals surface area contributed by atoms with Crippen LogP contribution in [0.2, 0.25) is 0 Å². The van der Waals surface area contributed by atoms with E-state index in [-0.39, 0.29) is 5.91 Å². The summed E-state index contributed by atoms with van der Waals surface area (Å²) in [6.45, 7) is 1.85. The first-order valence-corrected chi connectivity index (χ1v) is 5.63. The highest BCUT2D eigenvalue weighted by molar-refractivity contribution is 6.32. The molecule has 1 heterocycles. The van der Waals surface area contributed by atoms with Crippen molar-refractivity contribution in [3.63, 3.8) is 0 Å². The van der Waals surface area contributed by atoms with Crippen LogP contribution < -0.4 is 5.46 Å². The molecule has 1 aliphatic heterocycles. The van der Waals surface area contributed by atoms with Crippen molar-refractivity contribution in [1.82, 2.24) is 4.90 Å². The molecule has 0 atom stereocenters. The van der Waals surface area contributed by atoms with Gasteiger partial charge in [0.1, 0.15) is 7.85 Å². The van der Waals surface area contributed by atoms with Gasteiger partial charge in [-0.2, -0.15) is 0 Å². The van der Waals surface area contributed by atoms with E-state index in [4.69, 9.17) is 0 Å². The van der Waals surface area contributed by atoms with Crippen molar-refractivity contribution in [2.75, 3.05) is 13.1 Å².